The molecule has 102 valence electrons. The number of carboxylic acid groups (broad SMARTS) is 1. The molecule has 0 radical (unpaired) electrons. The first kappa shape index (κ1) is 12.6. The van der Waals surface area contributed by atoms with Gasteiger partial charge in [0.25, 0.3) is 0 Å². The number of hydrogen-bond donors (Lipinski definition) is 2. The molecular weight excluding hydrogens is 240 g/mol. The quantitative estimate of drug-likeness (QED) is 0.839. The van der Waals surface area contributed by atoms with Crippen LogP contribution < -0.4 is 5.32 Å². The Morgan fingerprint density at radius 1 is 1.26 bits per heavy atom. The molecule has 1 aromatic carbocycles. The average molecular weight is 260 g/mol. The van der Waals surface area contributed by atoms with Crippen LogP contribution >= 0.6 is 0 Å². The summed E-state index contributed by atoms with van der Waals surface area (Å²) in [5, 5.41) is 13.2. The fourth-order valence-corrected chi connectivity index (χ4v) is 3.51. The molecule has 4 heteroatoms. The average Bonchev–Trinajstić information content (AvgIpc) is 2.61. The number of aryl methyl sites for hydroxylation is 1. The maximum atomic E-state index is 12.0. The zero-order valence-corrected chi connectivity index (χ0v) is 11.1. The molecule has 1 fully saturated rings. The molecular formula is C15H20N2O2. The second kappa shape index (κ2) is 4.94. The summed E-state index contributed by atoms with van der Waals surface area (Å²) in [4.78, 5) is 14.2. The second-order valence-corrected chi connectivity index (χ2v) is 5.41. The van der Waals surface area contributed by atoms with Crippen molar-refractivity contribution >= 4 is 5.97 Å². The Labute approximate surface area is 113 Å². The number of rotatable bonds is 2. The number of nitrogens with one attached hydrogen (secondary N) is 1. The Bertz CT molecular complexity index is 481. The first-order chi connectivity index (χ1) is 9.25. The summed E-state index contributed by atoms with van der Waals surface area (Å²) in [6, 6.07) is 8.02. The normalized spacial score (nSPS) is 27.8. The maximum absolute atomic E-state index is 12.0. The molecule has 2 N–H and O–H groups in total. The Balaban J connectivity index is 2.03. The summed E-state index contributed by atoms with van der Waals surface area (Å²) in [7, 11) is 0. The van der Waals surface area contributed by atoms with Crippen molar-refractivity contribution in [2.45, 2.75) is 24.8 Å². The third-order valence-electron chi connectivity index (χ3n) is 4.45. The molecule has 2 aliphatic rings. The number of carbonyl (C=O) groups is 1. The van der Waals surface area contributed by atoms with E-state index < -0.39 is 11.5 Å². The largest absolute Gasteiger partial charge is 0.480 e. The molecule has 0 aromatic heterocycles. The lowest BCUT2D eigenvalue weighted by Crippen LogP contribution is -2.51. The number of carboxylic acids is 1. The number of nitrogens with zero attached hydrogens (tertiary/aromatic N) is 1. The highest BCUT2D eigenvalue weighted by Gasteiger charge is 2.49. The minimum absolute atomic E-state index is 0.695. The molecule has 4 nitrogen and oxygen atoms in total. The highest BCUT2D eigenvalue weighted by Crippen LogP contribution is 2.42. The van der Waals surface area contributed by atoms with Crippen LogP contribution in [-0.4, -0.2) is 42.2 Å². The summed E-state index contributed by atoms with van der Waals surface area (Å²) in [5.41, 5.74) is 1.40. The molecule has 0 bridgehead atoms. The highest BCUT2D eigenvalue weighted by atomic mass is 16.4. The van der Waals surface area contributed by atoms with Gasteiger partial charge in [-0.15, -0.1) is 0 Å². The van der Waals surface area contributed by atoms with Gasteiger partial charge in [-0.3, -0.25) is 4.90 Å². The molecule has 1 atom stereocenters. The van der Waals surface area contributed by atoms with Gasteiger partial charge in [0.05, 0.1) is 0 Å². The molecule has 1 aliphatic carbocycles. The smallest absolute Gasteiger partial charge is 0.328 e. The van der Waals surface area contributed by atoms with E-state index in [1.807, 2.05) is 18.2 Å². The molecule has 0 spiro atoms. The predicted octanol–water partition coefficient (Wildman–Crippen LogP) is 1.21. The van der Waals surface area contributed by atoms with Crippen molar-refractivity contribution in [2.75, 3.05) is 26.2 Å². The zero-order valence-electron chi connectivity index (χ0n) is 11.1. The van der Waals surface area contributed by atoms with E-state index in [4.69, 9.17) is 0 Å². The monoisotopic (exact) mass is 260 g/mol. The van der Waals surface area contributed by atoms with Gasteiger partial charge in [-0.25, -0.2) is 4.79 Å². The molecule has 1 unspecified atom stereocenters. The van der Waals surface area contributed by atoms with Gasteiger partial charge in [-0.2, -0.15) is 0 Å². The topological polar surface area (TPSA) is 52.6 Å². The van der Waals surface area contributed by atoms with Crippen molar-refractivity contribution in [3.63, 3.8) is 0 Å². The minimum atomic E-state index is -0.803. The minimum Gasteiger partial charge on any atom is -0.480 e. The molecule has 19 heavy (non-hydrogen) atoms. The van der Waals surface area contributed by atoms with Crippen molar-refractivity contribution in [1.82, 2.24) is 10.2 Å². The van der Waals surface area contributed by atoms with Crippen LogP contribution in [0.25, 0.3) is 0 Å². The van der Waals surface area contributed by atoms with E-state index in [0.717, 1.165) is 44.6 Å². The number of aliphatic carboxylic acids is 1. The van der Waals surface area contributed by atoms with Gasteiger partial charge >= 0.3 is 5.97 Å². The van der Waals surface area contributed by atoms with Gasteiger partial charge in [0.2, 0.25) is 0 Å². The van der Waals surface area contributed by atoms with Crippen LogP contribution in [0.4, 0.5) is 0 Å². The van der Waals surface area contributed by atoms with Crippen LogP contribution in [0.3, 0.4) is 0 Å². The lowest BCUT2D eigenvalue weighted by Gasteiger charge is -2.37. The predicted molar refractivity (Wildman–Crippen MR) is 73.1 cm³/mol. The van der Waals surface area contributed by atoms with E-state index in [9.17, 15) is 9.90 Å². The number of fused-ring (bicyclic) bond motifs is 1. The molecule has 1 aromatic rings. The Kier molecular flexibility index (Phi) is 3.29. The molecule has 3 rings (SSSR count). The fourth-order valence-electron chi connectivity index (χ4n) is 3.51. The lowest BCUT2D eigenvalue weighted by molar-refractivity contribution is -0.152. The Hall–Kier alpha value is -1.39. The lowest BCUT2D eigenvalue weighted by atomic mass is 9.89. The summed E-state index contributed by atoms with van der Waals surface area (Å²) in [6.45, 7) is 3.51. The first-order valence-corrected chi connectivity index (χ1v) is 7.03. The molecule has 1 aliphatic heterocycles. The maximum Gasteiger partial charge on any atom is 0.328 e. The van der Waals surface area contributed by atoms with Crippen LogP contribution in [0.5, 0.6) is 0 Å². The fraction of sp³-hybridized carbons (Fsp3) is 0.533. The Morgan fingerprint density at radius 2 is 2.11 bits per heavy atom. The van der Waals surface area contributed by atoms with Crippen molar-refractivity contribution in [2.24, 2.45) is 0 Å². The number of benzene rings is 1. The van der Waals surface area contributed by atoms with Gasteiger partial charge in [-0.1, -0.05) is 24.3 Å². The van der Waals surface area contributed by atoms with Gasteiger partial charge in [0.1, 0.15) is 5.54 Å². The van der Waals surface area contributed by atoms with Gasteiger partial charge in [0.15, 0.2) is 0 Å². The molecule has 1 saturated heterocycles. The third-order valence-corrected chi connectivity index (χ3v) is 4.45. The first-order valence-electron chi connectivity index (χ1n) is 7.03. The zero-order chi connectivity index (χ0) is 13.3. The summed E-state index contributed by atoms with van der Waals surface area (Å²) >= 11 is 0. The standard InChI is InChI=1S/C15H20N2O2/c18-14(19)15(17-10-3-8-16-9-11-17)7-6-12-4-1-2-5-13(12)15/h1-2,4-5,16H,3,6-11H2,(H,18,19). The van der Waals surface area contributed by atoms with Gasteiger partial charge < -0.3 is 10.4 Å². The second-order valence-electron chi connectivity index (χ2n) is 5.41. The van der Waals surface area contributed by atoms with Crippen LogP contribution in [0, 0.1) is 0 Å². The van der Waals surface area contributed by atoms with E-state index >= 15 is 0 Å². The van der Waals surface area contributed by atoms with E-state index in [2.05, 4.69) is 16.3 Å². The van der Waals surface area contributed by atoms with Gasteiger partial charge in [-0.05, 0) is 36.9 Å². The van der Waals surface area contributed by atoms with E-state index in [-0.39, 0.29) is 0 Å². The molecule has 0 saturated carbocycles. The van der Waals surface area contributed by atoms with Crippen molar-refractivity contribution in [3.05, 3.63) is 35.4 Å². The van der Waals surface area contributed by atoms with Crippen molar-refractivity contribution < 1.29 is 9.90 Å². The summed E-state index contributed by atoms with van der Waals surface area (Å²) in [5.74, 6) is -0.695. The van der Waals surface area contributed by atoms with Crippen LogP contribution in [-0.2, 0) is 16.8 Å². The van der Waals surface area contributed by atoms with Gasteiger partial charge in [0, 0.05) is 19.6 Å². The Morgan fingerprint density at radius 3 is 2.95 bits per heavy atom. The van der Waals surface area contributed by atoms with Crippen LogP contribution in [0.2, 0.25) is 0 Å². The van der Waals surface area contributed by atoms with E-state index in [1.54, 1.807) is 0 Å². The molecule has 0 amide bonds. The van der Waals surface area contributed by atoms with Crippen LogP contribution in [0.15, 0.2) is 24.3 Å². The van der Waals surface area contributed by atoms with Crippen molar-refractivity contribution in [3.8, 4) is 0 Å². The highest BCUT2D eigenvalue weighted by molar-refractivity contribution is 5.82. The van der Waals surface area contributed by atoms with E-state index in [0.29, 0.717) is 6.42 Å². The van der Waals surface area contributed by atoms with Crippen molar-refractivity contribution in [1.29, 1.82) is 0 Å². The van der Waals surface area contributed by atoms with E-state index in [1.165, 1.54) is 5.56 Å². The number of hydrogen-bond acceptors (Lipinski definition) is 3. The third kappa shape index (κ3) is 1.95. The SMILES string of the molecule is O=C(O)C1(N2CCCNCC2)CCc2ccccc21. The molecule has 1 heterocycles. The summed E-state index contributed by atoms with van der Waals surface area (Å²) in [6.07, 6.45) is 2.57. The van der Waals surface area contributed by atoms with Crippen LogP contribution in [0.1, 0.15) is 24.0 Å². The summed E-state index contributed by atoms with van der Waals surface area (Å²) < 4.78 is 0.